The van der Waals surface area contributed by atoms with Crippen molar-refractivity contribution in [3.8, 4) is 0 Å². The van der Waals surface area contributed by atoms with Crippen LogP contribution in [0.2, 0.25) is 5.02 Å². The van der Waals surface area contributed by atoms with Crippen molar-refractivity contribution in [2.24, 2.45) is 0 Å². The molecule has 0 N–H and O–H groups in total. The van der Waals surface area contributed by atoms with E-state index < -0.39 is 0 Å². The SMILES string of the molecule is CCC(=O)N1CC(=O)N2CCc3ccc(Cl)cc3C2C1. The molecule has 1 aromatic carbocycles. The van der Waals surface area contributed by atoms with Crippen molar-refractivity contribution in [1.82, 2.24) is 9.80 Å². The number of carbonyl (C=O) groups excluding carboxylic acids is 2. The van der Waals surface area contributed by atoms with Gasteiger partial charge in [-0.2, -0.15) is 0 Å². The Kier molecular flexibility index (Phi) is 3.42. The summed E-state index contributed by atoms with van der Waals surface area (Å²) in [5.41, 5.74) is 2.32. The molecular formula is C15H17ClN2O2. The third-order valence-electron chi connectivity index (χ3n) is 4.16. The third kappa shape index (κ3) is 2.18. The number of nitrogens with zero attached hydrogens (tertiary/aromatic N) is 2. The van der Waals surface area contributed by atoms with Crippen LogP contribution >= 0.6 is 11.6 Å². The molecular weight excluding hydrogens is 276 g/mol. The molecule has 0 spiro atoms. The molecule has 20 heavy (non-hydrogen) atoms. The van der Waals surface area contributed by atoms with E-state index in [1.807, 2.05) is 30.0 Å². The van der Waals surface area contributed by atoms with Crippen LogP contribution < -0.4 is 0 Å². The van der Waals surface area contributed by atoms with Crippen LogP contribution in [-0.4, -0.2) is 41.2 Å². The highest BCUT2D eigenvalue weighted by Crippen LogP contribution is 2.34. The molecule has 2 heterocycles. The van der Waals surface area contributed by atoms with Gasteiger partial charge in [0.2, 0.25) is 11.8 Å². The topological polar surface area (TPSA) is 40.6 Å². The lowest BCUT2D eigenvalue weighted by Crippen LogP contribution is -2.55. The van der Waals surface area contributed by atoms with Gasteiger partial charge in [0.15, 0.2) is 0 Å². The number of piperazine rings is 1. The van der Waals surface area contributed by atoms with E-state index in [4.69, 9.17) is 11.6 Å². The Morgan fingerprint density at radius 2 is 2.25 bits per heavy atom. The number of hydrogen-bond donors (Lipinski definition) is 0. The summed E-state index contributed by atoms with van der Waals surface area (Å²) >= 11 is 6.09. The van der Waals surface area contributed by atoms with Crippen LogP contribution in [0, 0.1) is 0 Å². The van der Waals surface area contributed by atoms with E-state index in [0.29, 0.717) is 18.0 Å². The first-order chi connectivity index (χ1) is 9.60. The van der Waals surface area contributed by atoms with Gasteiger partial charge in [0.25, 0.3) is 0 Å². The number of benzene rings is 1. The quantitative estimate of drug-likeness (QED) is 0.794. The first-order valence-electron chi connectivity index (χ1n) is 6.95. The summed E-state index contributed by atoms with van der Waals surface area (Å²) in [5, 5.41) is 0.678. The van der Waals surface area contributed by atoms with Crippen LogP contribution in [-0.2, 0) is 16.0 Å². The maximum Gasteiger partial charge on any atom is 0.242 e. The summed E-state index contributed by atoms with van der Waals surface area (Å²) in [6, 6.07) is 5.80. The predicted molar refractivity (Wildman–Crippen MR) is 76.5 cm³/mol. The normalized spacial score (nSPS) is 21.5. The van der Waals surface area contributed by atoms with Crippen molar-refractivity contribution in [2.75, 3.05) is 19.6 Å². The second kappa shape index (κ2) is 5.09. The molecule has 0 radical (unpaired) electrons. The number of rotatable bonds is 1. The van der Waals surface area contributed by atoms with E-state index in [9.17, 15) is 9.59 Å². The third-order valence-corrected chi connectivity index (χ3v) is 4.40. The largest absolute Gasteiger partial charge is 0.332 e. The van der Waals surface area contributed by atoms with Crippen molar-refractivity contribution in [3.63, 3.8) is 0 Å². The van der Waals surface area contributed by atoms with Crippen molar-refractivity contribution >= 4 is 23.4 Å². The zero-order valence-corrected chi connectivity index (χ0v) is 12.2. The van der Waals surface area contributed by atoms with Crippen LogP contribution in [0.1, 0.15) is 30.5 Å². The standard InChI is InChI=1S/C15H17ClN2O2/c1-2-14(19)17-8-13-12-7-11(16)4-3-10(12)5-6-18(13)15(20)9-17/h3-4,7,13H,2,5-6,8-9H2,1H3. The molecule has 0 aliphatic carbocycles. The van der Waals surface area contributed by atoms with E-state index in [1.54, 1.807) is 4.90 Å². The van der Waals surface area contributed by atoms with E-state index in [0.717, 1.165) is 18.5 Å². The highest BCUT2D eigenvalue weighted by Gasteiger charge is 2.38. The van der Waals surface area contributed by atoms with Gasteiger partial charge in [-0.15, -0.1) is 0 Å². The van der Waals surface area contributed by atoms with Gasteiger partial charge in [0.1, 0.15) is 0 Å². The van der Waals surface area contributed by atoms with Crippen LogP contribution in [0.4, 0.5) is 0 Å². The lowest BCUT2D eigenvalue weighted by atomic mass is 9.90. The van der Waals surface area contributed by atoms with Gasteiger partial charge in [-0.05, 0) is 29.7 Å². The highest BCUT2D eigenvalue weighted by atomic mass is 35.5. The Morgan fingerprint density at radius 3 is 3.00 bits per heavy atom. The van der Waals surface area contributed by atoms with E-state index in [1.165, 1.54) is 5.56 Å². The molecule has 1 aromatic rings. The molecule has 5 heteroatoms. The van der Waals surface area contributed by atoms with Gasteiger partial charge < -0.3 is 9.80 Å². The Hall–Kier alpha value is -1.55. The second-order valence-corrected chi connectivity index (χ2v) is 5.76. The van der Waals surface area contributed by atoms with E-state index >= 15 is 0 Å². The molecule has 1 saturated heterocycles. The number of carbonyl (C=O) groups is 2. The van der Waals surface area contributed by atoms with Gasteiger partial charge in [0.05, 0.1) is 12.6 Å². The molecule has 106 valence electrons. The zero-order valence-electron chi connectivity index (χ0n) is 11.4. The maximum atomic E-state index is 12.3. The number of halogens is 1. The predicted octanol–water partition coefficient (Wildman–Crippen LogP) is 2.02. The Morgan fingerprint density at radius 1 is 1.45 bits per heavy atom. The van der Waals surface area contributed by atoms with E-state index in [2.05, 4.69) is 0 Å². The molecule has 2 aliphatic heterocycles. The molecule has 1 fully saturated rings. The molecule has 1 unspecified atom stereocenters. The summed E-state index contributed by atoms with van der Waals surface area (Å²) < 4.78 is 0. The first-order valence-corrected chi connectivity index (χ1v) is 7.33. The summed E-state index contributed by atoms with van der Waals surface area (Å²) in [6.45, 7) is 3.34. The van der Waals surface area contributed by atoms with Crippen LogP contribution in [0.15, 0.2) is 18.2 Å². The smallest absolute Gasteiger partial charge is 0.242 e. The monoisotopic (exact) mass is 292 g/mol. The number of amides is 2. The Balaban J connectivity index is 1.96. The Bertz CT molecular complexity index is 573. The average molecular weight is 293 g/mol. The minimum Gasteiger partial charge on any atom is -0.332 e. The lowest BCUT2D eigenvalue weighted by Gasteiger charge is -2.44. The fourth-order valence-corrected chi connectivity index (χ4v) is 3.29. The summed E-state index contributed by atoms with van der Waals surface area (Å²) in [7, 11) is 0. The average Bonchev–Trinajstić information content (AvgIpc) is 2.46. The van der Waals surface area contributed by atoms with Gasteiger partial charge in [-0.25, -0.2) is 0 Å². The van der Waals surface area contributed by atoms with Gasteiger partial charge >= 0.3 is 0 Å². The molecule has 0 bridgehead atoms. The van der Waals surface area contributed by atoms with Gasteiger partial charge in [0, 0.05) is 24.5 Å². The molecule has 2 aliphatic rings. The fourth-order valence-electron chi connectivity index (χ4n) is 3.10. The number of hydrogen-bond acceptors (Lipinski definition) is 2. The second-order valence-electron chi connectivity index (χ2n) is 5.32. The first kappa shape index (κ1) is 13.4. The van der Waals surface area contributed by atoms with Crippen molar-refractivity contribution in [1.29, 1.82) is 0 Å². The van der Waals surface area contributed by atoms with Crippen molar-refractivity contribution in [3.05, 3.63) is 34.3 Å². The number of fused-ring (bicyclic) bond motifs is 3. The minimum atomic E-state index is -0.0470. The van der Waals surface area contributed by atoms with Crippen molar-refractivity contribution in [2.45, 2.75) is 25.8 Å². The summed E-state index contributed by atoms with van der Waals surface area (Å²) in [6.07, 6.45) is 1.29. The van der Waals surface area contributed by atoms with Gasteiger partial charge in [-0.3, -0.25) is 9.59 Å². The summed E-state index contributed by atoms with van der Waals surface area (Å²) in [4.78, 5) is 27.7. The van der Waals surface area contributed by atoms with Crippen molar-refractivity contribution < 1.29 is 9.59 Å². The zero-order chi connectivity index (χ0) is 14.3. The van der Waals surface area contributed by atoms with Crippen LogP contribution in [0.3, 0.4) is 0 Å². The molecule has 0 aromatic heterocycles. The van der Waals surface area contributed by atoms with Crippen LogP contribution in [0.5, 0.6) is 0 Å². The summed E-state index contributed by atoms with van der Waals surface area (Å²) in [5.74, 6) is 0.0702. The minimum absolute atomic E-state index is 0.0344. The molecule has 4 nitrogen and oxygen atoms in total. The molecule has 0 saturated carbocycles. The van der Waals surface area contributed by atoms with Crippen LogP contribution in [0.25, 0.3) is 0 Å². The Labute approximate surface area is 123 Å². The maximum absolute atomic E-state index is 12.3. The van der Waals surface area contributed by atoms with E-state index in [-0.39, 0.29) is 24.4 Å². The molecule has 2 amide bonds. The molecule has 1 atom stereocenters. The van der Waals surface area contributed by atoms with Gasteiger partial charge in [-0.1, -0.05) is 24.6 Å². The highest BCUT2D eigenvalue weighted by molar-refractivity contribution is 6.30. The lowest BCUT2D eigenvalue weighted by molar-refractivity contribution is -0.149. The fraction of sp³-hybridized carbons (Fsp3) is 0.467. The molecule has 3 rings (SSSR count).